The highest BCUT2D eigenvalue weighted by molar-refractivity contribution is 9.09. The summed E-state index contributed by atoms with van der Waals surface area (Å²) < 4.78 is 13.0. The number of carbonyl (C=O) groups is 1. The van der Waals surface area contributed by atoms with Crippen molar-refractivity contribution in [2.45, 2.75) is 19.8 Å². The summed E-state index contributed by atoms with van der Waals surface area (Å²) in [4.78, 5) is 21.9. The molecule has 0 heterocycles. The van der Waals surface area contributed by atoms with Gasteiger partial charge in [-0.25, -0.2) is 4.39 Å². The van der Waals surface area contributed by atoms with Crippen molar-refractivity contribution in [1.82, 2.24) is 5.32 Å². The zero-order chi connectivity index (χ0) is 15.1. The minimum absolute atomic E-state index is 0.120. The van der Waals surface area contributed by atoms with Gasteiger partial charge in [-0.05, 0) is 30.9 Å². The topological polar surface area (TPSA) is 72.2 Å². The average Bonchev–Trinajstić information content (AvgIpc) is 2.42. The Morgan fingerprint density at radius 3 is 2.85 bits per heavy atom. The van der Waals surface area contributed by atoms with Crippen molar-refractivity contribution in [3.05, 3.63) is 39.7 Å². The quantitative estimate of drug-likeness (QED) is 0.356. The molecule has 20 heavy (non-hydrogen) atoms. The Kier molecular flexibility index (Phi) is 6.57. The third kappa shape index (κ3) is 4.88. The van der Waals surface area contributed by atoms with E-state index in [2.05, 4.69) is 28.2 Å². The van der Waals surface area contributed by atoms with Gasteiger partial charge in [0, 0.05) is 11.9 Å². The molecule has 1 N–H and O–H groups in total. The van der Waals surface area contributed by atoms with Gasteiger partial charge in [0.15, 0.2) is 0 Å². The highest BCUT2D eigenvalue weighted by atomic mass is 79.9. The number of nitrogens with zero attached hydrogens (tertiary/aromatic N) is 1. The fourth-order valence-corrected chi connectivity index (χ4v) is 2.00. The van der Waals surface area contributed by atoms with E-state index in [9.17, 15) is 19.3 Å². The summed E-state index contributed by atoms with van der Waals surface area (Å²) >= 11 is 3.37. The molecule has 1 aromatic rings. The highest BCUT2D eigenvalue weighted by Gasteiger charge is 2.20. The second-order valence-corrected chi connectivity index (χ2v) is 5.22. The Bertz CT molecular complexity index is 497. The largest absolute Gasteiger partial charge is 0.352 e. The van der Waals surface area contributed by atoms with E-state index in [0.29, 0.717) is 12.5 Å². The van der Waals surface area contributed by atoms with Crippen LogP contribution in [0.15, 0.2) is 18.2 Å². The van der Waals surface area contributed by atoms with E-state index in [1.54, 1.807) is 0 Å². The van der Waals surface area contributed by atoms with Crippen LogP contribution in [0.2, 0.25) is 0 Å². The number of hydrogen-bond acceptors (Lipinski definition) is 3. The first kappa shape index (κ1) is 16.6. The van der Waals surface area contributed by atoms with Crippen LogP contribution in [0.4, 0.5) is 10.1 Å². The Balaban J connectivity index is 2.62. The molecule has 1 unspecified atom stereocenters. The normalized spacial score (nSPS) is 11.9. The molecule has 0 spiro atoms. The smallest absolute Gasteiger partial charge is 0.285 e. The number of amides is 1. The van der Waals surface area contributed by atoms with E-state index in [4.69, 9.17) is 0 Å². The minimum Gasteiger partial charge on any atom is -0.352 e. The van der Waals surface area contributed by atoms with Gasteiger partial charge in [0.2, 0.25) is 0 Å². The third-order valence-corrected chi connectivity index (χ3v) is 3.93. The molecule has 0 aliphatic heterocycles. The van der Waals surface area contributed by atoms with Gasteiger partial charge in [0.25, 0.3) is 11.6 Å². The summed E-state index contributed by atoms with van der Waals surface area (Å²) in [5, 5.41) is 14.3. The summed E-state index contributed by atoms with van der Waals surface area (Å²) in [5.74, 6) is -0.783. The lowest BCUT2D eigenvalue weighted by Crippen LogP contribution is -2.25. The lowest BCUT2D eigenvalue weighted by Gasteiger charge is -2.08. The molecule has 0 bridgehead atoms. The summed E-state index contributed by atoms with van der Waals surface area (Å²) in [6.07, 6.45) is 1.73. The van der Waals surface area contributed by atoms with Gasteiger partial charge >= 0.3 is 0 Å². The number of rotatable bonds is 7. The first-order valence-corrected chi connectivity index (χ1v) is 7.36. The van der Waals surface area contributed by atoms with E-state index in [0.717, 1.165) is 36.4 Å². The van der Waals surface area contributed by atoms with E-state index in [-0.39, 0.29) is 5.56 Å². The first-order valence-electron chi connectivity index (χ1n) is 6.23. The number of nitro groups is 1. The molecular weight excluding hydrogens is 331 g/mol. The molecule has 0 aromatic heterocycles. The fourth-order valence-electron chi connectivity index (χ4n) is 1.67. The predicted molar refractivity (Wildman–Crippen MR) is 77.6 cm³/mol. The van der Waals surface area contributed by atoms with Gasteiger partial charge in [0.1, 0.15) is 11.4 Å². The van der Waals surface area contributed by atoms with Gasteiger partial charge in [-0.3, -0.25) is 14.9 Å². The van der Waals surface area contributed by atoms with Gasteiger partial charge in [-0.15, -0.1) is 0 Å². The molecule has 1 rings (SSSR count). The zero-order valence-corrected chi connectivity index (χ0v) is 12.7. The molecule has 0 fully saturated rings. The van der Waals surface area contributed by atoms with E-state index in [1.165, 1.54) is 0 Å². The summed E-state index contributed by atoms with van der Waals surface area (Å²) in [6, 6.07) is 2.92. The van der Waals surface area contributed by atoms with E-state index < -0.39 is 22.3 Å². The summed E-state index contributed by atoms with van der Waals surface area (Å²) in [7, 11) is 0. The number of benzene rings is 1. The highest BCUT2D eigenvalue weighted by Crippen LogP contribution is 2.19. The molecule has 0 radical (unpaired) electrons. The summed E-state index contributed by atoms with van der Waals surface area (Å²) in [6.45, 7) is 2.52. The van der Waals surface area contributed by atoms with Crippen LogP contribution in [0.3, 0.4) is 0 Å². The molecule has 0 saturated heterocycles. The van der Waals surface area contributed by atoms with Crippen molar-refractivity contribution in [2.75, 3.05) is 11.9 Å². The fraction of sp³-hybridized carbons (Fsp3) is 0.462. The molecule has 1 aromatic carbocycles. The Hall–Kier alpha value is -1.50. The second-order valence-electron chi connectivity index (χ2n) is 4.58. The van der Waals surface area contributed by atoms with Gasteiger partial charge in [-0.1, -0.05) is 22.9 Å². The van der Waals surface area contributed by atoms with Gasteiger partial charge in [0.05, 0.1) is 11.0 Å². The van der Waals surface area contributed by atoms with Crippen molar-refractivity contribution in [3.63, 3.8) is 0 Å². The van der Waals surface area contributed by atoms with Crippen LogP contribution >= 0.6 is 15.9 Å². The number of nitro benzene ring substituents is 1. The minimum atomic E-state index is -0.759. The number of carbonyl (C=O) groups excluding carboxylic acids is 1. The molecule has 0 saturated carbocycles. The Labute approximate surface area is 124 Å². The van der Waals surface area contributed by atoms with Gasteiger partial charge in [-0.2, -0.15) is 0 Å². The molecule has 110 valence electrons. The molecule has 7 heteroatoms. The van der Waals surface area contributed by atoms with Crippen LogP contribution in [-0.2, 0) is 0 Å². The molecule has 5 nitrogen and oxygen atoms in total. The van der Waals surface area contributed by atoms with Crippen LogP contribution in [-0.4, -0.2) is 22.7 Å². The maximum Gasteiger partial charge on any atom is 0.285 e. The predicted octanol–water partition coefficient (Wildman–Crippen LogP) is 3.27. The lowest BCUT2D eigenvalue weighted by molar-refractivity contribution is -0.385. The van der Waals surface area contributed by atoms with Crippen LogP contribution in [0.25, 0.3) is 0 Å². The standard InChI is InChI=1S/C13H16BrFN2O3/c1-9(8-14)3-2-6-16-13(18)11-5-4-10(15)7-12(11)17(19)20/h4-5,7,9H,2-3,6,8H2,1H3,(H,16,18). The number of nitrogens with one attached hydrogen (secondary N) is 1. The Morgan fingerprint density at radius 1 is 1.55 bits per heavy atom. The Morgan fingerprint density at radius 2 is 2.25 bits per heavy atom. The third-order valence-electron chi connectivity index (χ3n) is 2.82. The summed E-state index contributed by atoms with van der Waals surface area (Å²) in [5.41, 5.74) is -0.638. The number of alkyl halides is 1. The molecule has 0 aliphatic rings. The van der Waals surface area contributed by atoms with Crippen molar-refractivity contribution in [2.24, 2.45) is 5.92 Å². The van der Waals surface area contributed by atoms with Crippen molar-refractivity contribution >= 4 is 27.5 Å². The average molecular weight is 347 g/mol. The zero-order valence-electron chi connectivity index (χ0n) is 11.1. The van der Waals surface area contributed by atoms with Crippen molar-refractivity contribution in [1.29, 1.82) is 0 Å². The molecule has 0 aliphatic carbocycles. The SMILES string of the molecule is CC(CBr)CCCNC(=O)c1ccc(F)cc1[N+](=O)[O-]. The second kappa shape index (κ2) is 7.94. The number of hydrogen-bond donors (Lipinski definition) is 1. The van der Waals surface area contributed by atoms with Crippen LogP contribution < -0.4 is 5.32 Å². The van der Waals surface area contributed by atoms with E-state index in [1.807, 2.05) is 0 Å². The number of halogens is 2. The van der Waals surface area contributed by atoms with E-state index >= 15 is 0 Å². The first-order chi connectivity index (χ1) is 9.45. The lowest BCUT2D eigenvalue weighted by atomic mass is 10.1. The van der Waals surface area contributed by atoms with Gasteiger partial charge < -0.3 is 5.32 Å². The van der Waals surface area contributed by atoms with Crippen molar-refractivity contribution in [3.8, 4) is 0 Å². The van der Waals surface area contributed by atoms with Crippen LogP contribution in [0, 0.1) is 21.8 Å². The van der Waals surface area contributed by atoms with Crippen LogP contribution in [0.1, 0.15) is 30.1 Å². The van der Waals surface area contributed by atoms with Crippen molar-refractivity contribution < 1.29 is 14.1 Å². The maximum atomic E-state index is 13.0. The maximum absolute atomic E-state index is 13.0. The molecule has 1 atom stereocenters. The molecular formula is C13H16BrFN2O3. The molecule has 1 amide bonds. The monoisotopic (exact) mass is 346 g/mol. The van der Waals surface area contributed by atoms with Crippen LogP contribution in [0.5, 0.6) is 0 Å².